The molecule has 0 bridgehead atoms. The third-order valence-corrected chi connectivity index (χ3v) is 5.06. The van der Waals surface area contributed by atoms with Crippen molar-refractivity contribution in [2.45, 2.75) is 40.2 Å². The van der Waals surface area contributed by atoms with Gasteiger partial charge in [0.15, 0.2) is 0 Å². The van der Waals surface area contributed by atoms with Crippen LogP contribution >= 0.6 is 15.9 Å². The van der Waals surface area contributed by atoms with E-state index in [1.54, 1.807) is 14.2 Å². The van der Waals surface area contributed by atoms with Gasteiger partial charge in [0.25, 0.3) is 0 Å². The van der Waals surface area contributed by atoms with Gasteiger partial charge < -0.3 is 14.8 Å². The van der Waals surface area contributed by atoms with Crippen LogP contribution < -0.4 is 14.8 Å². The quantitative estimate of drug-likeness (QED) is 0.792. The van der Waals surface area contributed by atoms with Crippen molar-refractivity contribution in [1.29, 1.82) is 0 Å². The van der Waals surface area contributed by atoms with Gasteiger partial charge in [0, 0.05) is 11.6 Å². The van der Waals surface area contributed by atoms with E-state index in [1.807, 2.05) is 13.1 Å². The lowest BCUT2D eigenvalue weighted by Crippen LogP contribution is -2.25. The largest absolute Gasteiger partial charge is 0.495 e. The van der Waals surface area contributed by atoms with E-state index >= 15 is 0 Å². The molecule has 1 aromatic carbocycles. The molecule has 4 heteroatoms. The molecule has 0 aliphatic carbocycles. The lowest BCUT2D eigenvalue weighted by molar-refractivity contribution is 0.224. The third kappa shape index (κ3) is 4.36. The summed E-state index contributed by atoms with van der Waals surface area (Å²) in [6.07, 6.45) is 1.05. The maximum Gasteiger partial charge on any atom is 0.141 e. The highest BCUT2D eigenvalue weighted by molar-refractivity contribution is 9.10. The minimum absolute atomic E-state index is 0.247. The molecule has 1 rings (SSSR count). The second kappa shape index (κ2) is 7.50. The Hall–Kier alpha value is -0.740. The Labute approximate surface area is 137 Å². The van der Waals surface area contributed by atoms with Crippen LogP contribution in [0, 0.1) is 11.3 Å². The summed E-state index contributed by atoms with van der Waals surface area (Å²) in [5, 5.41) is 3.42. The van der Waals surface area contributed by atoms with E-state index < -0.39 is 0 Å². The molecule has 0 heterocycles. The summed E-state index contributed by atoms with van der Waals surface area (Å²) in [4.78, 5) is 0. The average molecular weight is 358 g/mol. The zero-order valence-corrected chi connectivity index (χ0v) is 15.8. The Morgan fingerprint density at radius 1 is 1.19 bits per heavy atom. The maximum atomic E-state index is 5.60. The fraction of sp³-hybridized carbons (Fsp3) is 0.647. The number of hydrogen-bond donors (Lipinski definition) is 1. The number of hydrogen-bond acceptors (Lipinski definition) is 3. The van der Waals surface area contributed by atoms with Crippen LogP contribution in [0.2, 0.25) is 0 Å². The smallest absolute Gasteiger partial charge is 0.141 e. The van der Waals surface area contributed by atoms with Crippen molar-refractivity contribution in [3.8, 4) is 11.5 Å². The molecule has 0 aliphatic heterocycles. The van der Waals surface area contributed by atoms with Crippen LogP contribution in [0.4, 0.5) is 0 Å². The average Bonchev–Trinajstić information content (AvgIpc) is 2.43. The lowest BCUT2D eigenvalue weighted by atomic mass is 9.77. The van der Waals surface area contributed by atoms with Gasteiger partial charge in [0.1, 0.15) is 16.0 Å². The van der Waals surface area contributed by atoms with E-state index in [1.165, 1.54) is 0 Å². The third-order valence-electron chi connectivity index (χ3n) is 4.31. The Bertz CT molecular complexity index is 469. The fourth-order valence-electron chi connectivity index (χ4n) is 2.30. The first kappa shape index (κ1) is 18.3. The van der Waals surface area contributed by atoms with Crippen LogP contribution in [0.1, 0.15) is 45.7 Å². The predicted octanol–water partition coefficient (Wildman–Crippen LogP) is 4.80. The first-order valence-electron chi connectivity index (χ1n) is 7.33. The highest BCUT2D eigenvalue weighted by atomic mass is 79.9. The van der Waals surface area contributed by atoms with E-state index in [2.05, 4.69) is 55.0 Å². The van der Waals surface area contributed by atoms with Gasteiger partial charge in [-0.1, -0.05) is 27.7 Å². The normalized spacial score (nSPS) is 14.7. The Balaban J connectivity index is 3.14. The molecule has 3 nitrogen and oxygen atoms in total. The minimum atomic E-state index is 0.247. The molecule has 2 atom stereocenters. The molecule has 21 heavy (non-hydrogen) atoms. The molecule has 0 saturated carbocycles. The van der Waals surface area contributed by atoms with Crippen molar-refractivity contribution in [3.05, 3.63) is 22.2 Å². The van der Waals surface area contributed by atoms with Crippen molar-refractivity contribution in [2.75, 3.05) is 21.3 Å². The van der Waals surface area contributed by atoms with Gasteiger partial charge in [-0.25, -0.2) is 0 Å². The number of halogens is 1. The van der Waals surface area contributed by atoms with Gasteiger partial charge in [-0.3, -0.25) is 0 Å². The molecule has 0 spiro atoms. The van der Waals surface area contributed by atoms with Crippen molar-refractivity contribution >= 4 is 15.9 Å². The summed E-state index contributed by atoms with van der Waals surface area (Å²) >= 11 is 3.58. The van der Waals surface area contributed by atoms with Crippen LogP contribution in [-0.2, 0) is 0 Å². The van der Waals surface area contributed by atoms with Crippen LogP contribution in [0.3, 0.4) is 0 Å². The minimum Gasteiger partial charge on any atom is -0.495 e. The topological polar surface area (TPSA) is 30.5 Å². The van der Waals surface area contributed by atoms with Crippen LogP contribution in [0.15, 0.2) is 16.6 Å². The molecular weight excluding hydrogens is 330 g/mol. The molecular formula is C17H28BrNO2. The van der Waals surface area contributed by atoms with E-state index in [9.17, 15) is 0 Å². The van der Waals surface area contributed by atoms with E-state index in [0.717, 1.165) is 28.0 Å². The number of nitrogens with one attached hydrogen (secondary N) is 1. The number of methoxy groups -OCH3 is 2. The molecule has 0 saturated heterocycles. The van der Waals surface area contributed by atoms with Gasteiger partial charge in [-0.05, 0) is 52.9 Å². The van der Waals surface area contributed by atoms with Crippen molar-refractivity contribution in [1.82, 2.24) is 5.32 Å². The zero-order chi connectivity index (χ0) is 16.2. The van der Waals surface area contributed by atoms with Crippen molar-refractivity contribution in [2.24, 2.45) is 11.3 Å². The first-order chi connectivity index (χ1) is 9.76. The standard InChI is InChI=1S/C17H28BrNO2/c1-11(17(2,3)4)10-13(19-5)12-8-9-14(20-6)15(18)16(12)21-7/h8-9,11,13,19H,10H2,1-7H3. The molecule has 120 valence electrons. The number of ether oxygens (including phenoxy) is 2. The van der Waals surface area contributed by atoms with Crippen LogP contribution in [-0.4, -0.2) is 21.3 Å². The van der Waals surface area contributed by atoms with Gasteiger partial charge in [0.2, 0.25) is 0 Å². The van der Waals surface area contributed by atoms with Crippen LogP contribution in [0.5, 0.6) is 11.5 Å². The second-order valence-corrected chi connectivity index (χ2v) is 7.34. The summed E-state index contributed by atoms with van der Waals surface area (Å²) in [6.45, 7) is 9.15. The van der Waals surface area contributed by atoms with E-state index in [0.29, 0.717) is 5.92 Å². The maximum absolute atomic E-state index is 5.60. The summed E-state index contributed by atoms with van der Waals surface area (Å²) in [6, 6.07) is 4.31. The van der Waals surface area contributed by atoms with Gasteiger partial charge in [0.05, 0.1) is 14.2 Å². The van der Waals surface area contributed by atoms with Crippen LogP contribution in [0.25, 0.3) is 0 Å². The van der Waals surface area contributed by atoms with Crippen molar-refractivity contribution < 1.29 is 9.47 Å². The van der Waals surface area contributed by atoms with E-state index in [-0.39, 0.29) is 11.5 Å². The summed E-state index contributed by atoms with van der Waals surface area (Å²) in [7, 11) is 5.36. The highest BCUT2D eigenvalue weighted by Gasteiger charge is 2.26. The predicted molar refractivity (Wildman–Crippen MR) is 92.3 cm³/mol. The van der Waals surface area contributed by atoms with Gasteiger partial charge >= 0.3 is 0 Å². The highest BCUT2D eigenvalue weighted by Crippen LogP contribution is 2.42. The summed E-state index contributed by atoms with van der Waals surface area (Å²) in [5.41, 5.74) is 1.44. The fourth-order valence-corrected chi connectivity index (χ4v) is 2.98. The van der Waals surface area contributed by atoms with Crippen molar-refractivity contribution in [3.63, 3.8) is 0 Å². The zero-order valence-electron chi connectivity index (χ0n) is 14.2. The molecule has 2 unspecified atom stereocenters. The molecule has 1 N–H and O–H groups in total. The monoisotopic (exact) mass is 357 g/mol. The first-order valence-corrected chi connectivity index (χ1v) is 8.13. The van der Waals surface area contributed by atoms with E-state index in [4.69, 9.17) is 9.47 Å². The SMILES string of the molecule is CNC(CC(C)C(C)(C)C)c1ccc(OC)c(Br)c1OC. The molecule has 0 amide bonds. The molecule has 0 aromatic heterocycles. The summed E-state index contributed by atoms with van der Waals surface area (Å²) in [5.74, 6) is 2.21. The number of benzene rings is 1. The molecule has 0 aliphatic rings. The van der Waals surface area contributed by atoms with Gasteiger partial charge in [-0.2, -0.15) is 0 Å². The van der Waals surface area contributed by atoms with Gasteiger partial charge in [-0.15, -0.1) is 0 Å². The molecule has 1 aromatic rings. The Kier molecular flexibility index (Phi) is 6.54. The molecule has 0 radical (unpaired) electrons. The Morgan fingerprint density at radius 2 is 1.81 bits per heavy atom. The second-order valence-electron chi connectivity index (χ2n) is 6.55. The molecule has 0 fully saturated rings. The lowest BCUT2D eigenvalue weighted by Gasteiger charge is -2.31. The summed E-state index contributed by atoms with van der Waals surface area (Å²) < 4.78 is 11.8. The number of rotatable bonds is 6. The Morgan fingerprint density at radius 3 is 2.24 bits per heavy atom.